The Labute approximate surface area is 412 Å². The molecule has 0 aromatic rings. The van der Waals surface area contributed by atoms with Gasteiger partial charge in [0.15, 0.2) is 6.10 Å². The van der Waals surface area contributed by atoms with Gasteiger partial charge in [-0.3, -0.25) is 18.6 Å². The number of esters is 2. The molecule has 0 aliphatic heterocycles. The van der Waals surface area contributed by atoms with E-state index in [0.717, 1.165) is 77.0 Å². The van der Waals surface area contributed by atoms with Crippen LogP contribution in [0, 0.1) is 0 Å². The zero-order valence-corrected chi connectivity index (χ0v) is 44.8. The Kier molecular flexibility index (Phi) is 46.6. The molecule has 0 aliphatic rings. The lowest BCUT2D eigenvalue weighted by Gasteiger charge is -2.24. The molecule has 0 heterocycles. The van der Waals surface area contributed by atoms with Gasteiger partial charge in [-0.1, -0.05) is 222 Å². The van der Waals surface area contributed by atoms with Gasteiger partial charge in [-0.2, -0.15) is 0 Å². The fourth-order valence-electron chi connectivity index (χ4n) is 7.31. The molecule has 0 rings (SSSR count). The van der Waals surface area contributed by atoms with Crippen molar-refractivity contribution in [3.8, 4) is 0 Å². The first-order valence-corrected chi connectivity index (χ1v) is 28.7. The molecule has 388 valence electrons. The zero-order chi connectivity index (χ0) is 49.2. The van der Waals surface area contributed by atoms with E-state index in [9.17, 15) is 19.0 Å². The zero-order valence-electron chi connectivity index (χ0n) is 43.9. The molecule has 2 atom stereocenters. The van der Waals surface area contributed by atoms with Gasteiger partial charge in [0, 0.05) is 12.8 Å². The Hall–Kier alpha value is -2.55. The van der Waals surface area contributed by atoms with E-state index in [2.05, 4.69) is 86.8 Å². The third-order valence-electron chi connectivity index (χ3n) is 11.5. The summed E-state index contributed by atoms with van der Waals surface area (Å²) in [4.78, 5) is 35.2. The fraction of sp³-hybridized carbons (Fsp3) is 0.754. The van der Waals surface area contributed by atoms with E-state index in [1.807, 2.05) is 21.1 Å². The molecule has 0 radical (unpaired) electrons. The molecule has 67 heavy (non-hydrogen) atoms. The Morgan fingerprint density at radius 3 is 1.27 bits per heavy atom. The maximum absolute atomic E-state index is 12.7. The van der Waals surface area contributed by atoms with Crippen LogP contribution in [0.15, 0.2) is 72.9 Å². The van der Waals surface area contributed by atoms with Crippen molar-refractivity contribution in [3.63, 3.8) is 0 Å². The minimum atomic E-state index is -4.37. The third-order valence-corrected chi connectivity index (χ3v) is 12.5. The van der Waals surface area contributed by atoms with Gasteiger partial charge < -0.3 is 18.9 Å². The molecule has 10 heteroatoms. The van der Waals surface area contributed by atoms with Gasteiger partial charge in [0.2, 0.25) is 0 Å². The summed E-state index contributed by atoms with van der Waals surface area (Å²) in [5, 5.41) is 0. The molecule has 0 saturated heterocycles. The molecule has 0 fully saturated rings. The first kappa shape index (κ1) is 64.5. The summed E-state index contributed by atoms with van der Waals surface area (Å²) >= 11 is 0. The highest BCUT2D eigenvalue weighted by atomic mass is 31.2. The van der Waals surface area contributed by atoms with Crippen LogP contribution in [-0.2, 0) is 32.7 Å². The van der Waals surface area contributed by atoms with Crippen molar-refractivity contribution in [1.82, 2.24) is 0 Å². The number of rotatable bonds is 49. The maximum atomic E-state index is 12.7. The van der Waals surface area contributed by atoms with Gasteiger partial charge in [-0.05, 0) is 64.2 Å². The molecule has 0 saturated carbocycles. The van der Waals surface area contributed by atoms with Crippen molar-refractivity contribution >= 4 is 19.8 Å². The fourth-order valence-corrected chi connectivity index (χ4v) is 8.05. The van der Waals surface area contributed by atoms with Crippen LogP contribution in [0.25, 0.3) is 0 Å². The SMILES string of the molecule is CC/C=C\C/C=C\C/C=C\C/C=C\C/C=C\C/C=C\CCCCCCCCCCCCCCCCCCCCC(=O)OC(COC(=O)CCCCCCCC)COP(=O)(O)OCC[N+](C)(C)C. The Morgan fingerprint density at radius 1 is 0.478 bits per heavy atom. The van der Waals surface area contributed by atoms with Crippen molar-refractivity contribution in [3.05, 3.63) is 72.9 Å². The number of ether oxygens (including phenoxy) is 2. The predicted octanol–water partition coefficient (Wildman–Crippen LogP) is 16.5. The molecule has 9 nitrogen and oxygen atoms in total. The summed E-state index contributed by atoms with van der Waals surface area (Å²) in [7, 11) is 1.48. The lowest BCUT2D eigenvalue weighted by atomic mass is 10.0. The molecule has 1 N–H and O–H groups in total. The minimum absolute atomic E-state index is 0.0318. The molecule has 0 aromatic heterocycles. The van der Waals surface area contributed by atoms with Gasteiger partial charge in [0.1, 0.15) is 19.8 Å². The van der Waals surface area contributed by atoms with Crippen molar-refractivity contribution in [2.24, 2.45) is 0 Å². The normalized spacial score (nSPS) is 13.9. The number of carbonyl (C=O) groups excluding carboxylic acids is 2. The second-order valence-corrected chi connectivity index (χ2v) is 20.7. The highest BCUT2D eigenvalue weighted by Gasteiger charge is 2.27. The molecule has 0 aromatic carbocycles. The number of carbonyl (C=O) groups is 2. The van der Waals surface area contributed by atoms with Crippen LogP contribution in [0.1, 0.15) is 226 Å². The quantitative estimate of drug-likeness (QED) is 0.0211. The molecular formula is C57H103NO8P+. The summed E-state index contributed by atoms with van der Waals surface area (Å²) < 4.78 is 34.2. The van der Waals surface area contributed by atoms with Crippen LogP contribution < -0.4 is 0 Å². The number of likely N-dealkylation sites (N-methyl/N-ethyl adjacent to an activating group) is 1. The number of nitrogens with zero attached hydrogens (tertiary/aromatic N) is 1. The number of hydrogen-bond donors (Lipinski definition) is 1. The average molecular weight is 961 g/mol. The molecular weight excluding hydrogens is 858 g/mol. The van der Waals surface area contributed by atoms with Gasteiger partial charge in [-0.15, -0.1) is 0 Å². The van der Waals surface area contributed by atoms with Gasteiger partial charge in [0.05, 0.1) is 27.7 Å². The summed E-state index contributed by atoms with van der Waals surface area (Å²) in [6.45, 7) is 4.25. The highest BCUT2D eigenvalue weighted by Crippen LogP contribution is 2.43. The van der Waals surface area contributed by atoms with Gasteiger partial charge >= 0.3 is 19.8 Å². The van der Waals surface area contributed by atoms with E-state index in [1.54, 1.807) is 0 Å². The second kappa shape index (κ2) is 48.5. The van der Waals surface area contributed by atoms with Crippen LogP contribution in [0.2, 0.25) is 0 Å². The number of hydrogen-bond acceptors (Lipinski definition) is 7. The van der Waals surface area contributed by atoms with E-state index in [0.29, 0.717) is 17.4 Å². The predicted molar refractivity (Wildman–Crippen MR) is 284 cm³/mol. The topological polar surface area (TPSA) is 108 Å². The van der Waals surface area contributed by atoms with Crippen LogP contribution in [0.3, 0.4) is 0 Å². The molecule has 0 spiro atoms. The van der Waals surface area contributed by atoms with Gasteiger partial charge in [0.25, 0.3) is 0 Å². The minimum Gasteiger partial charge on any atom is -0.462 e. The smallest absolute Gasteiger partial charge is 0.462 e. The lowest BCUT2D eigenvalue weighted by molar-refractivity contribution is -0.870. The van der Waals surface area contributed by atoms with Crippen LogP contribution in [-0.4, -0.2) is 74.9 Å². The first-order valence-electron chi connectivity index (χ1n) is 27.2. The molecule has 0 aliphatic carbocycles. The Bertz CT molecular complexity index is 1360. The molecule has 0 bridgehead atoms. The van der Waals surface area contributed by atoms with Crippen molar-refractivity contribution in [2.45, 2.75) is 232 Å². The standard InChI is InChI=1S/C57H102NO8P/c1-6-8-10-12-14-15-16-17-18-19-20-21-22-23-24-25-26-27-28-29-30-31-32-33-34-35-36-37-38-39-40-41-42-43-44-46-48-50-57(60)66-55(53-63-56(59)49-47-45-13-11-9-7-2)54-65-67(61,62)64-52-51-58(3,4)5/h8,10,14-15,17-18,20-21,23-24,26-27,55H,6-7,9,11-13,16,19,22,25,28-54H2,1-5H3/p+1/b10-8-,15-14-,18-17-,21-20-,24-23-,27-26-. The van der Waals surface area contributed by atoms with Crippen molar-refractivity contribution < 1.29 is 42.1 Å². The Balaban J connectivity index is 3.86. The van der Waals surface area contributed by atoms with Gasteiger partial charge in [-0.25, -0.2) is 4.57 Å². The van der Waals surface area contributed by atoms with Crippen LogP contribution >= 0.6 is 7.82 Å². The number of phosphoric acid groups is 1. The second-order valence-electron chi connectivity index (χ2n) is 19.2. The largest absolute Gasteiger partial charge is 0.472 e. The van der Waals surface area contributed by atoms with Crippen LogP contribution in [0.4, 0.5) is 0 Å². The van der Waals surface area contributed by atoms with E-state index in [4.69, 9.17) is 18.5 Å². The third kappa shape index (κ3) is 52.7. The van der Waals surface area contributed by atoms with Crippen molar-refractivity contribution in [2.75, 3.05) is 47.5 Å². The number of quaternary nitrogens is 1. The first-order chi connectivity index (χ1) is 32.5. The number of allylic oxidation sites excluding steroid dienone is 12. The number of unbranched alkanes of at least 4 members (excludes halogenated alkanes) is 23. The summed E-state index contributed by atoms with van der Waals surface area (Å²) in [5.74, 6) is -0.804. The van der Waals surface area contributed by atoms with E-state index >= 15 is 0 Å². The van der Waals surface area contributed by atoms with E-state index in [-0.39, 0.29) is 32.0 Å². The Morgan fingerprint density at radius 2 is 0.851 bits per heavy atom. The monoisotopic (exact) mass is 961 g/mol. The average Bonchev–Trinajstić information content (AvgIpc) is 3.29. The lowest BCUT2D eigenvalue weighted by Crippen LogP contribution is -2.37. The molecule has 0 amide bonds. The summed E-state index contributed by atoms with van der Waals surface area (Å²) in [5.41, 5.74) is 0. The number of phosphoric ester groups is 1. The van der Waals surface area contributed by atoms with Crippen LogP contribution in [0.5, 0.6) is 0 Å². The van der Waals surface area contributed by atoms with E-state index in [1.165, 1.54) is 116 Å². The maximum Gasteiger partial charge on any atom is 0.472 e. The summed E-state index contributed by atoms with van der Waals surface area (Å²) in [6, 6.07) is 0. The van der Waals surface area contributed by atoms with Crippen molar-refractivity contribution in [1.29, 1.82) is 0 Å². The molecule has 2 unspecified atom stereocenters. The highest BCUT2D eigenvalue weighted by molar-refractivity contribution is 7.47. The van der Waals surface area contributed by atoms with E-state index < -0.39 is 26.5 Å². The summed E-state index contributed by atoms with van der Waals surface area (Å²) in [6.07, 6.45) is 63.1.